The maximum atomic E-state index is 14.1. The first kappa shape index (κ1) is 18.4. The third-order valence-electron chi connectivity index (χ3n) is 3.36. The number of rotatable bonds is 7. The van der Waals surface area contributed by atoms with Crippen molar-refractivity contribution in [2.45, 2.75) is 41.0 Å². The van der Waals surface area contributed by atoms with Crippen molar-refractivity contribution in [1.29, 1.82) is 0 Å². The van der Waals surface area contributed by atoms with Crippen molar-refractivity contribution in [1.82, 2.24) is 0 Å². The fourth-order valence-corrected chi connectivity index (χ4v) is 1.81. The Hall–Kier alpha value is -1.63. The van der Waals surface area contributed by atoms with Gasteiger partial charge in [0.2, 0.25) is 0 Å². The van der Waals surface area contributed by atoms with Gasteiger partial charge in [0.15, 0.2) is 0 Å². The molecule has 0 bridgehead atoms. The summed E-state index contributed by atoms with van der Waals surface area (Å²) in [5.41, 5.74) is 3.21. The summed E-state index contributed by atoms with van der Waals surface area (Å²) in [6, 6.07) is 0. The Balaban J connectivity index is 5.36. The highest BCUT2D eigenvalue weighted by atomic mass is 19.1. The Morgan fingerprint density at radius 1 is 1.25 bits per heavy atom. The highest BCUT2D eigenvalue weighted by molar-refractivity contribution is 5.44. The molecule has 0 radical (unpaired) electrons. The van der Waals surface area contributed by atoms with E-state index in [4.69, 9.17) is 0 Å². The maximum absolute atomic E-state index is 14.1. The van der Waals surface area contributed by atoms with E-state index in [1.54, 1.807) is 18.2 Å². The summed E-state index contributed by atoms with van der Waals surface area (Å²) in [6.07, 6.45) is 13.9. The van der Waals surface area contributed by atoms with Gasteiger partial charge in [-0.2, -0.15) is 0 Å². The lowest BCUT2D eigenvalue weighted by Crippen LogP contribution is -2.01. The number of hydrogen-bond donors (Lipinski definition) is 0. The number of halogens is 1. The Morgan fingerprint density at radius 3 is 2.40 bits per heavy atom. The molecule has 0 aliphatic rings. The minimum absolute atomic E-state index is 0.106. The molecule has 0 saturated carbocycles. The second-order valence-corrected chi connectivity index (χ2v) is 4.78. The molecule has 0 amide bonds. The van der Waals surface area contributed by atoms with Crippen molar-refractivity contribution in [3.8, 4) is 0 Å². The van der Waals surface area contributed by atoms with Gasteiger partial charge in [-0.25, -0.2) is 4.39 Å². The van der Waals surface area contributed by atoms with Gasteiger partial charge in [-0.3, -0.25) is 0 Å². The third-order valence-corrected chi connectivity index (χ3v) is 3.36. The highest BCUT2D eigenvalue weighted by Gasteiger charge is 2.13. The molecule has 1 heteroatoms. The molecule has 20 heavy (non-hydrogen) atoms. The van der Waals surface area contributed by atoms with Gasteiger partial charge in [0.25, 0.3) is 0 Å². The average Bonchev–Trinajstić information content (AvgIpc) is 2.44. The zero-order chi connectivity index (χ0) is 15.5. The average molecular weight is 274 g/mol. The van der Waals surface area contributed by atoms with E-state index in [9.17, 15) is 4.39 Å². The molecule has 0 aromatic heterocycles. The molecular weight excluding hydrogens is 247 g/mol. The minimum Gasteiger partial charge on any atom is -0.211 e. The summed E-state index contributed by atoms with van der Waals surface area (Å²) >= 11 is 0. The van der Waals surface area contributed by atoms with Crippen molar-refractivity contribution in [2.24, 2.45) is 5.92 Å². The van der Waals surface area contributed by atoms with E-state index in [1.807, 2.05) is 58.9 Å². The van der Waals surface area contributed by atoms with E-state index < -0.39 is 0 Å². The van der Waals surface area contributed by atoms with Crippen LogP contribution in [0.4, 0.5) is 4.39 Å². The van der Waals surface area contributed by atoms with Crippen molar-refractivity contribution in [3.05, 3.63) is 71.7 Å². The SMILES string of the molecule is C=C/C=C(\C=C/C)C(/C)=C(/C)C(C)/C(F)=C\C=C/CC. The van der Waals surface area contributed by atoms with E-state index in [0.717, 1.165) is 23.1 Å². The second-order valence-electron chi connectivity index (χ2n) is 4.78. The molecule has 0 aromatic rings. The lowest BCUT2D eigenvalue weighted by atomic mass is 9.92. The third kappa shape index (κ3) is 6.01. The van der Waals surface area contributed by atoms with Crippen molar-refractivity contribution in [3.63, 3.8) is 0 Å². The zero-order valence-electron chi connectivity index (χ0n) is 13.4. The van der Waals surface area contributed by atoms with E-state index in [0.29, 0.717) is 0 Å². The first-order chi connectivity index (χ1) is 9.49. The van der Waals surface area contributed by atoms with Crippen LogP contribution in [0.5, 0.6) is 0 Å². The van der Waals surface area contributed by atoms with Gasteiger partial charge in [0.1, 0.15) is 5.83 Å². The summed E-state index contributed by atoms with van der Waals surface area (Å²) in [7, 11) is 0. The molecular formula is C19H27F. The van der Waals surface area contributed by atoms with E-state index in [1.165, 1.54) is 0 Å². The molecule has 1 atom stereocenters. The summed E-state index contributed by atoms with van der Waals surface area (Å²) in [6.45, 7) is 13.6. The lowest BCUT2D eigenvalue weighted by Gasteiger charge is -2.15. The molecule has 0 aromatic carbocycles. The van der Waals surface area contributed by atoms with Gasteiger partial charge in [0.05, 0.1) is 0 Å². The van der Waals surface area contributed by atoms with Crippen LogP contribution in [0.15, 0.2) is 71.7 Å². The summed E-state index contributed by atoms with van der Waals surface area (Å²) in [5.74, 6) is -0.319. The van der Waals surface area contributed by atoms with Gasteiger partial charge in [-0.1, -0.05) is 62.5 Å². The number of hydrogen-bond acceptors (Lipinski definition) is 0. The normalized spacial score (nSPS) is 16.7. The molecule has 0 aliphatic carbocycles. The van der Waals surface area contributed by atoms with Crippen LogP contribution in [0, 0.1) is 5.92 Å². The molecule has 0 nitrogen and oxygen atoms in total. The van der Waals surface area contributed by atoms with Crippen LogP contribution in [0.3, 0.4) is 0 Å². The lowest BCUT2D eigenvalue weighted by molar-refractivity contribution is 0.532. The fourth-order valence-electron chi connectivity index (χ4n) is 1.81. The minimum atomic E-state index is -0.213. The molecule has 0 aliphatic heterocycles. The molecule has 1 unspecified atom stereocenters. The van der Waals surface area contributed by atoms with Crippen molar-refractivity contribution >= 4 is 0 Å². The summed E-state index contributed by atoms with van der Waals surface area (Å²) < 4.78 is 14.1. The van der Waals surface area contributed by atoms with Crippen LogP contribution >= 0.6 is 0 Å². The van der Waals surface area contributed by atoms with Gasteiger partial charge < -0.3 is 0 Å². The molecule has 0 N–H and O–H groups in total. The summed E-state index contributed by atoms with van der Waals surface area (Å²) in [5, 5.41) is 0. The predicted octanol–water partition coefficient (Wildman–Crippen LogP) is 6.47. The van der Waals surface area contributed by atoms with Crippen LogP contribution < -0.4 is 0 Å². The molecule has 0 saturated heterocycles. The first-order valence-corrected chi connectivity index (χ1v) is 7.14. The fraction of sp³-hybridized carbons (Fsp3) is 0.368. The first-order valence-electron chi connectivity index (χ1n) is 7.14. The predicted molar refractivity (Wildman–Crippen MR) is 89.3 cm³/mol. The topological polar surface area (TPSA) is 0 Å². The number of allylic oxidation sites excluding steroid dienone is 11. The Kier molecular flexibility index (Phi) is 9.36. The Labute approximate surface area is 123 Å². The van der Waals surface area contributed by atoms with Gasteiger partial charge in [-0.15, -0.1) is 0 Å². The Bertz CT molecular complexity index is 456. The van der Waals surface area contributed by atoms with Gasteiger partial charge in [0, 0.05) is 5.92 Å². The summed E-state index contributed by atoms with van der Waals surface area (Å²) in [4.78, 5) is 0. The van der Waals surface area contributed by atoms with Crippen LogP contribution in [-0.2, 0) is 0 Å². The quantitative estimate of drug-likeness (QED) is 0.467. The van der Waals surface area contributed by atoms with Crippen molar-refractivity contribution in [2.75, 3.05) is 0 Å². The van der Waals surface area contributed by atoms with Crippen LogP contribution in [0.2, 0.25) is 0 Å². The van der Waals surface area contributed by atoms with Crippen LogP contribution in [0.1, 0.15) is 41.0 Å². The maximum Gasteiger partial charge on any atom is 0.107 e. The van der Waals surface area contributed by atoms with Gasteiger partial charge >= 0.3 is 0 Å². The standard InChI is InChI=1S/C19H27F/c1-7-10-11-14-19(20)17(6)15(4)16(5)18(12-8-2)13-9-3/h8-14,17H,2,7H2,1,3-6H3/b11-10-,13-9-,16-15-,18-12+,19-14+. The van der Waals surface area contributed by atoms with E-state index in [2.05, 4.69) is 6.58 Å². The largest absolute Gasteiger partial charge is 0.211 e. The second kappa shape index (κ2) is 10.2. The molecule has 0 fully saturated rings. The van der Waals surface area contributed by atoms with E-state index in [-0.39, 0.29) is 11.7 Å². The molecule has 0 spiro atoms. The molecule has 110 valence electrons. The molecule has 0 heterocycles. The Morgan fingerprint density at radius 2 is 1.90 bits per heavy atom. The van der Waals surface area contributed by atoms with Crippen LogP contribution in [-0.4, -0.2) is 0 Å². The van der Waals surface area contributed by atoms with E-state index >= 15 is 0 Å². The van der Waals surface area contributed by atoms with Gasteiger partial charge in [-0.05, 0) is 44.4 Å². The van der Waals surface area contributed by atoms with Crippen molar-refractivity contribution < 1.29 is 4.39 Å². The zero-order valence-corrected chi connectivity index (χ0v) is 13.4. The smallest absolute Gasteiger partial charge is 0.107 e. The van der Waals surface area contributed by atoms with Crippen LogP contribution in [0.25, 0.3) is 0 Å². The monoisotopic (exact) mass is 274 g/mol. The highest BCUT2D eigenvalue weighted by Crippen LogP contribution is 2.27. The molecule has 0 rings (SSSR count).